The third-order valence-electron chi connectivity index (χ3n) is 4.16. The molecule has 1 saturated heterocycles. The lowest BCUT2D eigenvalue weighted by atomic mass is 10.0. The van der Waals surface area contributed by atoms with E-state index in [1.54, 1.807) is 11.3 Å². The Kier molecular flexibility index (Phi) is 4.94. The summed E-state index contributed by atoms with van der Waals surface area (Å²) >= 11 is 7.44. The van der Waals surface area contributed by atoms with Gasteiger partial charge in [-0.25, -0.2) is 0 Å². The van der Waals surface area contributed by atoms with E-state index in [1.165, 1.54) is 10.4 Å². The van der Waals surface area contributed by atoms with Crippen LogP contribution in [0.3, 0.4) is 0 Å². The van der Waals surface area contributed by atoms with Crippen molar-refractivity contribution in [3.63, 3.8) is 0 Å². The Morgan fingerprint density at radius 1 is 1.35 bits per heavy atom. The van der Waals surface area contributed by atoms with Crippen molar-refractivity contribution < 1.29 is 0 Å². The van der Waals surface area contributed by atoms with E-state index in [0.29, 0.717) is 0 Å². The molecular formula is C17H22N4S2. The number of pyridine rings is 1. The van der Waals surface area contributed by atoms with E-state index in [2.05, 4.69) is 58.6 Å². The molecule has 0 aromatic carbocycles. The molecular weight excluding hydrogens is 324 g/mol. The van der Waals surface area contributed by atoms with Crippen LogP contribution < -0.4 is 5.32 Å². The number of hydrogen-bond donors (Lipinski definition) is 1. The van der Waals surface area contributed by atoms with Crippen LogP contribution in [0.1, 0.15) is 28.2 Å². The van der Waals surface area contributed by atoms with Crippen molar-refractivity contribution in [2.24, 2.45) is 0 Å². The molecule has 2 atom stereocenters. The average molecular weight is 347 g/mol. The molecule has 122 valence electrons. The Bertz CT molecular complexity index is 668. The fourth-order valence-electron chi connectivity index (χ4n) is 2.93. The summed E-state index contributed by atoms with van der Waals surface area (Å²) in [5, 5.41) is 6.47. The van der Waals surface area contributed by atoms with Gasteiger partial charge in [0.05, 0.1) is 17.8 Å². The van der Waals surface area contributed by atoms with Gasteiger partial charge in [0.1, 0.15) is 0 Å². The second-order valence-corrected chi connectivity index (χ2v) is 7.43. The van der Waals surface area contributed by atoms with Crippen molar-refractivity contribution in [3.8, 4) is 0 Å². The van der Waals surface area contributed by atoms with Gasteiger partial charge in [-0.05, 0) is 62.4 Å². The van der Waals surface area contributed by atoms with Gasteiger partial charge in [0, 0.05) is 24.2 Å². The van der Waals surface area contributed by atoms with E-state index in [1.807, 2.05) is 18.3 Å². The molecule has 3 rings (SSSR count). The molecule has 0 aliphatic carbocycles. The van der Waals surface area contributed by atoms with Crippen molar-refractivity contribution >= 4 is 28.7 Å². The smallest absolute Gasteiger partial charge is 0.170 e. The molecule has 1 N–H and O–H groups in total. The highest BCUT2D eigenvalue weighted by molar-refractivity contribution is 7.80. The summed E-state index contributed by atoms with van der Waals surface area (Å²) in [5.74, 6) is 0. The number of rotatable bonds is 5. The predicted molar refractivity (Wildman–Crippen MR) is 99.8 cm³/mol. The Balaban J connectivity index is 1.96. The summed E-state index contributed by atoms with van der Waals surface area (Å²) in [6.45, 7) is 4.05. The zero-order chi connectivity index (χ0) is 16.4. The standard InChI is InChI=1S/C17H22N4S2/c1-12-7-11-23-16(12)15-14(13-6-4-5-8-18-13)19-17(22)21(15)10-9-20(2)3/h4-8,11,14-15H,9-10H2,1-3H3,(H,19,22)/t14-,15+/m1/s1. The Morgan fingerprint density at radius 3 is 2.78 bits per heavy atom. The summed E-state index contributed by atoms with van der Waals surface area (Å²) in [4.78, 5) is 10.4. The molecule has 0 bridgehead atoms. The predicted octanol–water partition coefficient (Wildman–Crippen LogP) is 2.99. The lowest BCUT2D eigenvalue weighted by Crippen LogP contribution is -2.35. The van der Waals surface area contributed by atoms with E-state index >= 15 is 0 Å². The Hall–Kier alpha value is -1.50. The Morgan fingerprint density at radius 2 is 2.17 bits per heavy atom. The second-order valence-electron chi connectivity index (χ2n) is 6.09. The number of thiocarbonyl (C=S) groups is 1. The van der Waals surface area contributed by atoms with Crippen LogP contribution in [0.2, 0.25) is 0 Å². The normalized spacial score (nSPS) is 21.0. The zero-order valence-electron chi connectivity index (χ0n) is 13.7. The van der Waals surface area contributed by atoms with Crippen LogP contribution in [0.4, 0.5) is 0 Å². The average Bonchev–Trinajstić information content (AvgIpc) is 3.09. The van der Waals surface area contributed by atoms with Crippen LogP contribution in [0.15, 0.2) is 35.8 Å². The maximum absolute atomic E-state index is 5.64. The van der Waals surface area contributed by atoms with Crippen molar-refractivity contribution in [1.82, 2.24) is 20.1 Å². The maximum atomic E-state index is 5.64. The molecule has 1 fully saturated rings. The minimum absolute atomic E-state index is 0.100. The van der Waals surface area contributed by atoms with Crippen LogP contribution in [0.5, 0.6) is 0 Å². The van der Waals surface area contributed by atoms with Crippen LogP contribution in [0, 0.1) is 6.92 Å². The van der Waals surface area contributed by atoms with Crippen molar-refractivity contribution in [1.29, 1.82) is 0 Å². The molecule has 0 radical (unpaired) electrons. The van der Waals surface area contributed by atoms with Gasteiger partial charge in [-0.15, -0.1) is 11.3 Å². The largest absolute Gasteiger partial charge is 0.352 e. The van der Waals surface area contributed by atoms with E-state index in [9.17, 15) is 0 Å². The van der Waals surface area contributed by atoms with E-state index in [0.717, 1.165) is 23.9 Å². The third kappa shape index (κ3) is 3.39. The van der Waals surface area contributed by atoms with Crippen LogP contribution in [-0.4, -0.2) is 47.1 Å². The first-order valence-electron chi connectivity index (χ1n) is 7.74. The molecule has 2 aromatic rings. The highest BCUT2D eigenvalue weighted by atomic mass is 32.1. The van der Waals surface area contributed by atoms with Crippen LogP contribution >= 0.6 is 23.6 Å². The molecule has 1 aliphatic rings. The Labute approximate surface area is 147 Å². The van der Waals surface area contributed by atoms with Gasteiger partial charge in [-0.2, -0.15) is 0 Å². The minimum Gasteiger partial charge on any atom is -0.352 e. The van der Waals surface area contributed by atoms with Crippen molar-refractivity contribution in [2.45, 2.75) is 19.0 Å². The first-order valence-corrected chi connectivity index (χ1v) is 9.03. The number of nitrogens with one attached hydrogen (secondary N) is 1. The monoisotopic (exact) mass is 346 g/mol. The highest BCUT2D eigenvalue weighted by Gasteiger charge is 2.40. The number of aryl methyl sites for hydroxylation is 1. The summed E-state index contributed by atoms with van der Waals surface area (Å²) in [7, 11) is 4.18. The zero-order valence-corrected chi connectivity index (χ0v) is 15.3. The molecule has 0 saturated carbocycles. The van der Waals surface area contributed by atoms with Crippen LogP contribution in [0.25, 0.3) is 0 Å². The topological polar surface area (TPSA) is 31.4 Å². The van der Waals surface area contributed by atoms with Gasteiger partial charge in [0.15, 0.2) is 5.11 Å². The first kappa shape index (κ1) is 16.4. The van der Waals surface area contributed by atoms with Crippen molar-refractivity contribution in [2.75, 3.05) is 27.2 Å². The van der Waals surface area contributed by atoms with E-state index < -0.39 is 0 Å². The molecule has 4 nitrogen and oxygen atoms in total. The number of aromatic nitrogens is 1. The number of likely N-dealkylation sites (N-methyl/N-ethyl adjacent to an activating group) is 1. The maximum Gasteiger partial charge on any atom is 0.170 e. The molecule has 6 heteroatoms. The number of nitrogens with zero attached hydrogens (tertiary/aromatic N) is 3. The molecule has 0 amide bonds. The SMILES string of the molecule is Cc1ccsc1[C@@H]1[C@@H](c2ccccn2)NC(=S)N1CCN(C)C. The fourth-order valence-corrected chi connectivity index (χ4v) is 4.33. The summed E-state index contributed by atoms with van der Waals surface area (Å²) in [6, 6.07) is 8.55. The van der Waals surface area contributed by atoms with Crippen LogP contribution in [-0.2, 0) is 0 Å². The summed E-state index contributed by atoms with van der Waals surface area (Å²) in [5.41, 5.74) is 2.36. The van der Waals surface area contributed by atoms with E-state index in [-0.39, 0.29) is 12.1 Å². The quantitative estimate of drug-likeness (QED) is 0.841. The molecule has 0 spiro atoms. The highest BCUT2D eigenvalue weighted by Crippen LogP contribution is 2.41. The first-order chi connectivity index (χ1) is 11.1. The summed E-state index contributed by atoms with van der Waals surface area (Å²) < 4.78 is 0. The summed E-state index contributed by atoms with van der Waals surface area (Å²) in [6.07, 6.45) is 1.85. The number of hydrogen-bond acceptors (Lipinski definition) is 4. The van der Waals surface area contributed by atoms with E-state index in [4.69, 9.17) is 12.2 Å². The van der Waals surface area contributed by atoms with Gasteiger partial charge in [-0.1, -0.05) is 6.07 Å². The van der Waals surface area contributed by atoms with Gasteiger partial charge in [-0.3, -0.25) is 4.98 Å². The molecule has 0 unspecified atom stereocenters. The third-order valence-corrected chi connectivity index (χ3v) is 5.60. The fraction of sp³-hybridized carbons (Fsp3) is 0.412. The lowest BCUT2D eigenvalue weighted by Gasteiger charge is -2.28. The molecule has 23 heavy (non-hydrogen) atoms. The second kappa shape index (κ2) is 6.95. The molecule has 1 aliphatic heterocycles. The number of thiophene rings is 1. The van der Waals surface area contributed by atoms with Gasteiger partial charge in [0.2, 0.25) is 0 Å². The van der Waals surface area contributed by atoms with Gasteiger partial charge < -0.3 is 15.1 Å². The lowest BCUT2D eigenvalue weighted by molar-refractivity contribution is 0.280. The minimum atomic E-state index is 0.100. The van der Waals surface area contributed by atoms with Crippen molar-refractivity contribution in [3.05, 3.63) is 52.0 Å². The molecule has 3 heterocycles. The van der Waals surface area contributed by atoms with Gasteiger partial charge >= 0.3 is 0 Å². The van der Waals surface area contributed by atoms with Gasteiger partial charge in [0.25, 0.3) is 0 Å². The molecule has 2 aromatic heterocycles.